The van der Waals surface area contributed by atoms with Crippen molar-refractivity contribution in [2.75, 3.05) is 0 Å². The summed E-state index contributed by atoms with van der Waals surface area (Å²) in [6.07, 6.45) is 0. The van der Waals surface area contributed by atoms with Gasteiger partial charge in [0.15, 0.2) is 4.77 Å². The molecule has 0 saturated heterocycles. The summed E-state index contributed by atoms with van der Waals surface area (Å²) in [6, 6.07) is 19.8. The molecule has 3 aromatic rings. The van der Waals surface area contributed by atoms with Crippen LogP contribution in [0.2, 0.25) is 0 Å². The van der Waals surface area contributed by atoms with Gasteiger partial charge in [-0.2, -0.15) is 0 Å². The van der Waals surface area contributed by atoms with Crippen molar-refractivity contribution in [2.45, 2.75) is 0 Å². The molecule has 0 saturated carbocycles. The molecule has 0 amide bonds. The molecule has 1 aromatic heterocycles. The lowest BCUT2D eigenvalue weighted by Gasteiger charge is -2.02. The number of hydrogen-bond acceptors (Lipinski definition) is 2. The highest BCUT2D eigenvalue weighted by atomic mass is 32.1. The van der Waals surface area contributed by atoms with Gasteiger partial charge in [-0.05, 0) is 36.5 Å². The lowest BCUT2D eigenvalue weighted by Crippen LogP contribution is -2.23. The maximum absolute atomic E-state index is 5.39. The second-order valence-electron chi connectivity index (χ2n) is 4.39. The number of para-hydroxylation sites is 2. The molecule has 0 fully saturated rings. The third-order valence-corrected chi connectivity index (χ3v) is 3.24. The third kappa shape index (κ3) is 2.35. The molecule has 0 unspecified atom stereocenters. The summed E-state index contributed by atoms with van der Waals surface area (Å²) in [6.45, 7) is 0. The lowest BCUT2D eigenvalue weighted by atomic mass is 10.3. The molecule has 0 atom stereocenters. The van der Waals surface area contributed by atoms with Crippen molar-refractivity contribution in [1.29, 1.82) is 0 Å². The van der Waals surface area contributed by atoms with Crippen LogP contribution < -0.4 is 5.62 Å². The summed E-state index contributed by atoms with van der Waals surface area (Å²) in [4.78, 5) is 4.67. The Morgan fingerprint density at radius 2 is 1.55 bits per heavy atom. The highest BCUT2D eigenvalue weighted by Crippen LogP contribution is 2.09. The quantitative estimate of drug-likeness (QED) is 0.721. The standard InChI is InChI=1S/C15H14N4S/c1-18-14(16-12-8-4-2-5-9-12)19(15(20)17-18)13-10-6-3-7-11-13/h2-11H,1H3,(H,17,20). The fourth-order valence-electron chi connectivity index (χ4n) is 2.04. The number of rotatable bonds is 2. The van der Waals surface area contributed by atoms with Gasteiger partial charge >= 0.3 is 0 Å². The molecule has 0 aliphatic rings. The zero-order chi connectivity index (χ0) is 13.9. The number of aromatic nitrogens is 3. The molecule has 5 heteroatoms. The highest BCUT2D eigenvalue weighted by Gasteiger charge is 2.04. The van der Waals surface area contributed by atoms with Crippen LogP contribution in [-0.2, 0) is 7.05 Å². The van der Waals surface area contributed by atoms with Gasteiger partial charge in [0.05, 0.1) is 11.4 Å². The maximum Gasteiger partial charge on any atom is 0.231 e. The molecular weight excluding hydrogens is 268 g/mol. The Hall–Kier alpha value is -2.40. The van der Waals surface area contributed by atoms with Gasteiger partial charge in [-0.25, -0.2) is 4.99 Å². The fourth-order valence-corrected chi connectivity index (χ4v) is 2.36. The van der Waals surface area contributed by atoms with Crippen LogP contribution in [0.5, 0.6) is 0 Å². The average Bonchev–Trinajstić information content (AvgIpc) is 2.75. The third-order valence-electron chi connectivity index (χ3n) is 2.97. The van der Waals surface area contributed by atoms with Gasteiger partial charge in [0, 0.05) is 7.05 Å². The molecule has 0 aliphatic carbocycles. The predicted molar refractivity (Wildman–Crippen MR) is 81.6 cm³/mol. The summed E-state index contributed by atoms with van der Waals surface area (Å²) in [7, 11) is 1.90. The van der Waals surface area contributed by atoms with E-state index in [4.69, 9.17) is 12.2 Å². The van der Waals surface area contributed by atoms with E-state index in [2.05, 4.69) is 10.1 Å². The molecule has 0 bridgehead atoms. The van der Waals surface area contributed by atoms with Gasteiger partial charge in [0.25, 0.3) is 0 Å². The molecule has 0 aliphatic heterocycles. The zero-order valence-electron chi connectivity index (χ0n) is 11.0. The molecule has 0 spiro atoms. The van der Waals surface area contributed by atoms with Crippen molar-refractivity contribution in [2.24, 2.45) is 12.0 Å². The number of nitrogens with one attached hydrogen (secondary N) is 1. The zero-order valence-corrected chi connectivity index (χ0v) is 11.8. The van der Waals surface area contributed by atoms with E-state index in [0.717, 1.165) is 17.0 Å². The normalized spacial score (nSPS) is 11.8. The van der Waals surface area contributed by atoms with Gasteiger partial charge in [-0.3, -0.25) is 14.3 Å². The molecule has 20 heavy (non-hydrogen) atoms. The van der Waals surface area contributed by atoms with E-state index in [-0.39, 0.29) is 0 Å². The molecule has 2 aromatic carbocycles. The van der Waals surface area contributed by atoms with Crippen molar-refractivity contribution in [3.8, 4) is 5.69 Å². The first-order valence-electron chi connectivity index (χ1n) is 6.29. The van der Waals surface area contributed by atoms with E-state index < -0.39 is 0 Å². The molecule has 100 valence electrons. The Bertz CT molecular complexity index is 826. The van der Waals surface area contributed by atoms with E-state index in [1.54, 1.807) is 0 Å². The lowest BCUT2D eigenvalue weighted by molar-refractivity contribution is 0.706. The first-order chi connectivity index (χ1) is 9.75. The van der Waals surface area contributed by atoms with Gasteiger partial charge < -0.3 is 0 Å². The minimum absolute atomic E-state index is 0.619. The fraction of sp³-hybridized carbons (Fsp3) is 0.0667. The molecule has 4 nitrogen and oxygen atoms in total. The molecule has 1 N–H and O–H groups in total. The second-order valence-corrected chi connectivity index (χ2v) is 4.78. The minimum atomic E-state index is 0.619. The van der Waals surface area contributed by atoms with Crippen LogP contribution in [0.1, 0.15) is 0 Å². The van der Waals surface area contributed by atoms with Gasteiger partial charge in [0.2, 0.25) is 5.62 Å². The summed E-state index contributed by atoms with van der Waals surface area (Å²) in [5.74, 6) is 0. The Kier molecular flexibility index (Phi) is 3.35. The Morgan fingerprint density at radius 1 is 0.950 bits per heavy atom. The van der Waals surface area contributed by atoms with Crippen LogP contribution in [0.3, 0.4) is 0 Å². The topological polar surface area (TPSA) is 38.0 Å². The highest BCUT2D eigenvalue weighted by molar-refractivity contribution is 7.71. The molecule has 3 rings (SSSR count). The van der Waals surface area contributed by atoms with Crippen LogP contribution in [0, 0.1) is 4.77 Å². The first kappa shape index (κ1) is 12.6. The molecule has 1 heterocycles. The van der Waals surface area contributed by atoms with Crippen LogP contribution >= 0.6 is 12.2 Å². The van der Waals surface area contributed by atoms with Crippen LogP contribution in [0.15, 0.2) is 65.7 Å². The second kappa shape index (κ2) is 5.30. The maximum atomic E-state index is 5.39. The van der Waals surface area contributed by atoms with Gasteiger partial charge in [-0.15, -0.1) is 0 Å². The Labute approximate surface area is 121 Å². The van der Waals surface area contributed by atoms with Crippen molar-refractivity contribution < 1.29 is 0 Å². The van der Waals surface area contributed by atoms with Crippen molar-refractivity contribution in [1.82, 2.24) is 14.3 Å². The van der Waals surface area contributed by atoms with Crippen LogP contribution in [0.4, 0.5) is 5.69 Å². The van der Waals surface area contributed by atoms with E-state index in [9.17, 15) is 0 Å². The largest absolute Gasteiger partial charge is 0.271 e. The van der Waals surface area contributed by atoms with Gasteiger partial charge in [-0.1, -0.05) is 36.4 Å². The summed E-state index contributed by atoms with van der Waals surface area (Å²) < 4.78 is 4.36. The van der Waals surface area contributed by atoms with E-state index >= 15 is 0 Å². The SMILES string of the molecule is Cn1[nH]c(=S)n(-c2ccccc2)c1=Nc1ccccc1. The van der Waals surface area contributed by atoms with Gasteiger partial charge in [0.1, 0.15) is 0 Å². The summed E-state index contributed by atoms with van der Waals surface area (Å²) >= 11 is 5.39. The number of aryl methyl sites for hydroxylation is 1. The monoisotopic (exact) mass is 282 g/mol. The first-order valence-corrected chi connectivity index (χ1v) is 6.70. The number of benzene rings is 2. The van der Waals surface area contributed by atoms with Crippen LogP contribution in [-0.4, -0.2) is 14.3 Å². The van der Waals surface area contributed by atoms with E-state index in [1.165, 1.54) is 0 Å². The summed E-state index contributed by atoms with van der Waals surface area (Å²) in [5, 5.41) is 3.10. The van der Waals surface area contributed by atoms with Crippen molar-refractivity contribution in [3.63, 3.8) is 0 Å². The average molecular weight is 282 g/mol. The Balaban J connectivity index is 2.27. The van der Waals surface area contributed by atoms with Crippen molar-refractivity contribution in [3.05, 3.63) is 71.1 Å². The smallest absolute Gasteiger partial charge is 0.231 e. The predicted octanol–water partition coefficient (Wildman–Crippen LogP) is 3.11. The number of aromatic amines is 1. The summed E-state index contributed by atoms with van der Waals surface area (Å²) in [5.41, 5.74) is 2.64. The van der Waals surface area contributed by atoms with E-state index in [1.807, 2.05) is 77.0 Å². The van der Waals surface area contributed by atoms with E-state index in [0.29, 0.717) is 4.77 Å². The molecule has 0 radical (unpaired) electrons. The number of nitrogens with zero attached hydrogens (tertiary/aromatic N) is 3. The number of hydrogen-bond donors (Lipinski definition) is 1. The minimum Gasteiger partial charge on any atom is -0.271 e. The Morgan fingerprint density at radius 3 is 2.20 bits per heavy atom. The molecular formula is C15H14N4S. The van der Waals surface area contributed by atoms with Crippen LogP contribution in [0.25, 0.3) is 5.69 Å². The van der Waals surface area contributed by atoms with Crippen molar-refractivity contribution >= 4 is 17.9 Å². The number of H-pyrrole nitrogens is 1.